The van der Waals surface area contributed by atoms with Gasteiger partial charge in [-0.1, -0.05) is 11.6 Å². The monoisotopic (exact) mass is 270 g/mol. The summed E-state index contributed by atoms with van der Waals surface area (Å²) in [6.07, 6.45) is 1.30. The quantitative estimate of drug-likeness (QED) is 0.808. The molecule has 1 amide bonds. The van der Waals surface area contributed by atoms with Crippen molar-refractivity contribution in [1.82, 2.24) is 4.90 Å². The Balaban J connectivity index is 2.44. The zero-order chi connectivity index (χ0) is 13.5. The smallest absolute Gasteiger partial charge is 0.222 e. The summed E-state index contributed by atoms with van der Waals surface area (Å²) in [6, 6.07) is 5.41. The molecule has 100 valence electrons. The molecule has 0 fully saturated rings. The van der Waals surface area contributed by atoms with Crippen molar-refractivity contribution in [2.45, 2.75) is 12.8 Å². The zero-order valence-electron chi connectivity index (χ0n) is 11.0. The molecule has 0 unspecified atom stereocenters. The number of hydrogen-bond donors (Lipinski definition) is 1. The number of ether oxygens (including phenoxy) is 1. The summed E-state index contributed by atoms with van der Waals surface area (Å²) in [7, 11) is 5.13. The second-order valence-corrected chi connectivity index (χ2v) is 4.60. The summed E-state index contributed by atoms with van der Waals surface area (Å²) in [5.41, 5.74) is 0.849. The standard InChI is InChI=1S/C13H19ClN2O2/c1-16(2)13(17)5-4-8-15-11-9-10(14)6-7-12(11)18-3/h6-7,9,15H,4-5,8H2,1-3H3. The number of anilines is 1. The van der Waals surface area contributed by atoms with E-state index in [1.54, 1.807) is 32.2 Å². The van der Waals surface area contributed by atoms with Crippen molar-refractivity contribution in [2.24, 2.45) is 0 Å². The largest absolute Gasteiger partial charge is 0.495 e. The highest BCUT2D eigenvalue weighted by Gasteiger charge is 2.05. The van der Waals surface area contributed by atoms with Crippen molar-refractivity contribution < 1.29 is 9.53 Å². The number of rotatable bonds is 6. The van der Waals surface area contributed by atoms with E-state index in [1.165, 1.54) is 0 Å². The van der Waals surface area contributed by atoms with Crippen LogP contribution in [0.5, 0.6) is 5.75 Å². The van der Waals surface area contributed by atoms with Gasteiger partial charge in [-0.15, -0.1) is 0 Å². The van der Waals surface area contributed by atoms with Gasteiger partial charge in [-0.3, -0.25) is 4.79 Å². The van der Waals surface area contributed by atoms with Crippen LogP contribution in [0.1, 0.15) is 12.8 Å². The Labute approximate surface area is 113 Å². The number of nitrogens with one attached hydrogen (secondary N) is 1. The maximum Gasteiger partial charge on any atom is 0.222 e. The maximum absolute atomic E-state index is 11.4. The maximum atomic E-state index is 11.4. The first-order valence-corrected chi connectivity index (χ1v) is 6.20. The third-order valence-electron chi connectivity index (χ3n) is 2.54. The Hall–Kier alpha value is -1.42. The Kier molecular flexibility index (Phi) is 5.78. The second-order valence-electron chi connectivity index (χ2n) is 4.16. The van der Waals surface area contributed by atoms with Crippen LogP contribution >= 0.6 is 11.6 Å². The van der Waals surface area contributed by atoms with Crippen molar-refractivity contribution >= 4 is 23.2 Å². The predicted molar refractivity (Wildman–Crippen MR) is 74.4 cm³/mol. The van der Waals surface area contributed by atoms with E-state index in [9.17, 15) is 4.79 Å². The van der Waals surface area contributed by atoms with Gasteiger partial charge in [0.25, 0.3) is 0 Å². The zero-order valence-corrected chi connectivity index (χ0v) is 11.8. The number of methoxy groups -OCH3 is 1. The van der Waals surface area contributed by atoms with Crippen LogP contribution in [0.3, 0.4) is 0 Å². The molecule has 4 nitrogen and oxygen atoms in total. The van der Waals surface area contributed by atoms with Gasteiger partial charge in [0, 0.05) is 32.1 Å². The number of benzene rings is 1. The third kappa shape index (κ3) is 4.45. The van der Waals surface area contributed by atoms with Crippen molar-refractivity contribution in [1.29, 1.82) is 0 Å². The average Bonchev–Trinajstić information content (AvgIpc) is 2.34. The number of carbonyl (C=O) groups is 1. The molecule has 1 aromatic rings. The first kappa shape index (κ1) is 14.6. The minimum absolute atomic E-state index is 0.134. The van der Waals surface area contributed by atoms with Crippen LogP contribution in [0.15, 0.2) is 18.2 Å². The fourth-order valence-corrected chi connectivity index (χ4v) is 1.68. The van der Waals surface area contributed by atoms with Crippen LogP contribution in [-0.2, 0) is 4.79 Å². The van der Waals surface area contributed by atoms with E-state index in [4.69, 9.17) is 16.3 Å². The lowest BCUT2D eigenvalue weighted by molar-refractivity contribution is -0.128. The van der Waals surface area contributed by atoms with Gasteiger partial charge in [0.2, 0.25) is 5.91 Å². The van der Waals surface area contributed by atoms with Crippen LogP contribution in [0, 0.1) is 0 Å². The Morgan fingerprint density at radius 1 is 1.44 bits per heavy atom. The van der Waals surface area contributed by atoms with E-state index in [0.29, 0.717) is 18.0 Å². The van der Waals surface area contributed by atoms with Crippen LogP contribution in [0.4, 0.5) is 5.69 Å². The molecule has 0 aromatic heterocycles. The Bertz CT molecular complexity index is 408. The molecule has 1 N–H and O–H groups in total. The van der Waals surface area contributed by atoms with Gasteiger partial charge in [0.05, 0.1) is 12.8 Å². The lowest BCUT2D eigenvalue weighted by Gasteiger charge is -2.12. The van der Waals surface area contributed by atoms with Crippen LogP contribution in [0.25, 0.3) is 0 Å². The molecule has 0 atom stereocenters. The van der Waals surface area contributed by atoms with Crippen molar-refractivity contribution in [2.75, 3.05) is 33.1 Å². The highest BCUT2D eigenvalue weighted by molar-refractivity contribution is 6.30. The molecule has 0 radical (unpaired) electrons. The van der Waals surface area contributed by atoms with Gasteiger partial charge in [0.1, 0.15) is 5.75 Å². The minimum Gasteiger partial charge on any atom is -0.495 e. The molecular formula is C13H19ClN2O2. The number of nitrogens with zero attached hydrogens (tertiary/aromatic N) is 1. The van der Waals surface area contributed by atoms with Crippen molar-refractivity contribution in [3.05, 3.63) is 23.2 Å². The fraction of sp³-hybridized carbons (Fsp3) is 0.462. The highest BCUT2D eigenvalue weighted by Crippen LogP contribution is 2.27. The van der Waals surface area contributed by atoms with Crippen LogP contribution < -0.4 is 10.1 Å². The van der Waals surface area contributed by atoms with Gasteiger partial charge < -0.3 is 15.0 Å². The molecule has 0 aliphatic rings. The topological polar surface area (TPSA) is 41.6 Å². The summed E-state index contributed by atoms with van der Waals surface area (Å²) in [5, 5.41) is 3.87. The summed E-state index contributed by atoms with van der Waals surface area (Å²) in [5.74, 6) is 0.883. The van der Waals surface area contributed by atoms with Crippen LogP contribution in [0.2, 0.25) is 5.02 Å². The molecule has 1 aromatic carbocycles. The molecule has 0 aliphatic carbocycles. The Morgan fingerprint density at radius 2 is 2.17 bits per heavy atom. The number of halogens is 1. The predicted octanol–water partition coefficient (Wildman–Crippen LogP) is 2.63. The normalized spacial score (nSPS) is 10.0. The minimum atomic E-state index is 0.134. The van der Waals surface area contributed by atoms with Crippen molar-refractivity contribution in [3.63, 3.8) is 0 Å². The molecule has 0 saturated heterocycles. The number of carbonyl (C=O) groups excluding carboxylic acids is 1. The summed E-state index contributed by atoms with van der Waals surface area (Å²) >= 11 is 5.92. The third-order valence-corrected chi connectivity index (χ3v) is 2.78. The van der Waals surface area contributed by atoms with Gasteiger partial charge in [-0.2, -0.15) is 0 Å². The van der Waals surface area contributed by atoms with Crippen molar-refractivity contribution in [3.8, 4) is 5.75 Å². The van der Waals surface area contributed by atoms with E-state index in [2.05, 4.69) is 5.32 Å². The molecule has 1 rings (SSSR count). The molecular weight excluding hydrogens is 252 g/mol. The molecule has 5 heteroatoms. The summed E-state index contributed by atoms with van der Waals surface area (Å²) < 4.78 is 5.22. The first-order chi connectivity index (χ1) is 8.54. The van der Waals surface area contributed by atoms with Gasteiger partial charge in [0.15, 0.2) is 0 Å². The van der Waals surface area contributed by atoms with Crippen LogP contribution in [-0.4, -0.2) is 38.6 Å². The van der Waals surface area contributed by atoms with E-state index >= 15 is 0 Å². The average molecular weight is 271 g/mol. The fourth-order valence-electron chi connectivity index (χ4n) is 1.50. The Morgan fingerprint density at radius 3 is 2.78 bits per heavy atom. The lowest BCUT2D eigenvalue weighted by atomic mass is 10.2. The number of hydrogen-bond acceptors (Lipinski definition) is 3. The highest BCUT2D eigenvalue weighted by atomic mass is 35.5. The molecule has 18 heavy (non-hydrogen) atoms. The van der Waals surface area contributed by atoms with Gasteiger partial charge in [-0.05, 0) is 24.6 Å². The molecule has 0 bridgehead atoms. The van der Waals surface area contributed by atoms with E-state index in [1.807, 2.05) is 12.1 Å². The molecule has 0 saturated carbocycles. The summed E-state index contributed by atoms with van der Waals surface area (Å²) in [6.45, 7) is 0.705. The lowest BCUT2D eigenvalue weighted by Crippen LogP contribution is -2.22. The second kappa shape index (κ2) is 7.11. The summed E-state index contributed by atoms with van der Waals surface area (Å²) in [4.78, 5) is 13.0. The van der Waals surface area contributed by atoms with E-state index in [-0.39, 0.29) is 5.91 Å². The van der Waals surface area contributed by atoms with Gasteiger partial charge >= 0.3 is 0 Å². The molecule has 0 aliphatic heterocycles. The van der Waals surface area contributed by atoms with Gasteiger partial charge in [-0.25, -0.2) is 0 Å². The number of amides is 1. The van der Waals surface area contributed by atoms with E-state index in [0.717, 1.165) is 17.9 Å². The molecule has 0 heterocycles. The first-order valence-electron chi connectivity index (χ1n) is 5.82. The molecule has 0 spiro atoms. The van der Waals surface area contributed by atoms with E-state index < -0.39 is 0 Å². The SMILES string of the molecule is COc1ccc(Cl)cc1NCCCC(=O)N(C)C.